The quantitative estimate of drug-likeness (QED) is 0.763. The van der Waals surface area contributed by atoms with Gasteiger partial charge in [-0.05, 0) is 44.1 Å². The molecule has 0 heterocycles. The highest BCUT2D eigenvalue weighted by atomic mass is 35.5. The van der Waals surface area contributed by atoms with Gasteiger partial charge >= 0.3 is 0 Å². The summed E-state index contributed by atoms with van der Waals surface area (Å²) in [6.07, 6.45) is 0.917. The Hall–Kier alpha value is -0.640. The largest absolute Gasteiger partial charge is 0.330 e. The lowest BCUT2D eigenvalue weighted by Gasteiger charge is -2.14. The van der Waals surface area contributed by atoms with E-state index in [2.05, 4.69) is 5.32 Å². The first-order chi connectivity index (χ1) is 7.15. The van der Waals surface area contributed by atoms with E-state index in [-0.39, 0.29) is 16.9 Å². The van der Waals surface area contributed by atoms with Crippen LogP contribution >= 0.6 is 11.6 Å². The van der Waals surface area contributed by atoms with Crippen molar-refractivity contribution in [1.29, 1.82) is 0 Å². The first-order valence-corrected chi connectivity index (χ1v) is 5.41. The Morgan fingerprint density at radius 3 is 2.87 bits per heavy atom. The van der Waals surface area contributed by atoms with Crippen molar-refractivity contribution in [2.45, 2.75) is 19.4 Å². The topological polar surface area (TPSA) is 38.0 Å². The smallest absolute Gasteiger partial charge is 0.142 e. The van der Waals surface area contributed by atoms with Gasteiger partial charge in [0.25, 0.3) is 0 Å². The van der Waals surface area contributed by atoms with E-state index in [1.54, 1.807) is 6.07 Å². The predicted octanol–water partition coefficient (Wildman–Crippen LogP) is 2.48. The molecule has 0 saturated heterocycles. The lowest BCUT2D eigenvalue weighted by Crippen LogP contribution is -2.21. The zero-order chi connectivity index (χ0) is 11.3. The molecule has 0 spiro atoms. The monoisotopic (exact) mass is 230 g/mol. The van der Waals surface area contributed by atoms with Crippen LogP contribution in [0.1, 0.15) is 24.9 Å². The summed E-state index contributed by atoms with van der Waals surface area (Å²) >= 11 is 5.60. The number of nitrogens with one attached hydrogen (secondary N) is 1. The highest BCUT2D eigenvalue weighted by molar-refractivity contribution is 6.30. The molecule has 1 unspecified atom stereocenters. The third-order valence-corrected chi connectivity index (χ3v) is 2.58. The minimum absolute atomic E-state index is 0.114. The molecule has 1 rings (SSSR count). The molecule has 1 atom stereocenters. The van der Waals surface area contributed by atoms with E-state index in [1.165, 1.54) is 6.07 Å². The number of nitrogens with two attached hydrogens (primary N) is 1. The molecule has 84 valence electrons. The molecule has 0 bridgehead atoms. The van der Waals surface area contributed by atoms with Crippen LogP contribution in [-0.2, 0) is 0 Å². The number of hydrogen-bond donors (Lipinski definition) is 2. The Morgan fingerprint density at radius 1 is 1.53 bits per heavy atom. The van der Waals surface area contributed by atoms with Gasteiger partial charge in [-0.15, -0.1) is 0 Å². The molecule has 0 aromatic heterocycles. The average molecular weight is 231 g/mol. The standard InChI is InChI=1S/C11H16ClFN2/c1-8(15-6-2-5-14)9-3-4-10(12)11(13)7-9/h3-4,7-8,15H,2,5-6,14H2,1H3. The van der Waals surface area contributed by atoms with Crippen LogP contribution in [0.25, 0.3) is 0 Å². The Kier molecular flexibility index (Phi) is 5.02. The Balaban J connectivity index is 2.57. The van der Waals surface area contributed by atoms with E-state index in [4.69, 9.17) is 17.3 Å². The summed E-state index contributed by atoms with van der Waals surface area (Å²) in [5.41, 5.74) is 6.28. The summed E-state index contributed by atoms with van der Waals surface area (Å²) < 4.78 is 13.1. The summed E-state index contributed by atoms with van der Waals surface area (Å²) in [4.78, 5) is 0. The van der Waals surface area contributed by atoms with E-state index in [0.29, 0.717) is 6.54 Å². The molecule has 0 fully saturated rings. The first-order valence-electron chi connectivity index (χ1n) is 5.03. The molecule has 0 saturated carbocycles. The fraction of sp³-hybridized carbons (Fsp3) is 0.455. The van der Waals surface area contributed by atoms with E-state index in [1.807, 2.05) is 13.0 Å². The maximum absolute atomic E-state index is 13.1. The van der Waals surface area contributed by atoms with Crippen molar-refractivity contribution >= 4 is 11.6 Å². The van der Waals surface area contributed by atoms with Gasteiger partial charge in [0.1, 0.15) is 5.82 Å². The lowest BCUT2D eigenvalue weighted by atomic mass is 10.1. The third-order valence-electron chi connectivity index (χ3n) is 2.28. The van der Waals surface area contributed by atoms with Crippen LogP contribution in [0.3, 0.4) is 0 Å². The molecule has 0 aliphatic carbocycles. The molecule has 15 heavy (non-hydrogen) atoms. The van der Waals surface area contributed by atoms with E-state index in [9.17, 15) is 4.39 Å². The van der Waals surface area contributed by atoms with E-state index < -0.39 is 0 Å². The second kappa shape index (κ2) is 6.05. The molecule has 4 heteroatoms. The summed E-state index contributed by atoms with van der Waals surface area (Å²) in [5.74, 6) is -0.373. The van der Waals surface area contributed by atoms with Gasteiger partial charge in [-0.25, -0.2) is 4.39 Å². The summed E-state index contributed by atoms with van der Waals surface area (Å²) in [7, 11) is 0. The second-order valence-corrected chi connectivity index (χ2v) is 3.90. The maximum Gasteiger partial charge on any atom is 0.142 e. The molecule has 0 aliphatic heterocycles. The highest BCUT2D eigenvalue weighted by Crippen LogP contribution is 2.19. The summed E-state index contributed by atoms with van der Waals surface area (Å²) in [5, 5.41) is 3.42. The molecular weight excluding hydrogens is 215 g/mol. The van der Waals surface area contributed by atoms with Crippen molar-refractivity contribution in [3.63, 3.8) is 0 Å². The van der Waals surface area contributed by atoms with Crippen LogP contribution in [0.2, 0.25) is 5.02 Å². The Morgan fingerprint density at radius 2 is 2.27 bits per heavy atom. The summed E-state index contributed by atoms with van der Waals surface area (Å²) in [6, 6.07) is 4.98. The van der Waals surface area contributed by atoms with Crippen molar-refractivity contribution < 1.29 is 4.39 Å². The van der Waals surface area contributed by atoms with Crippen molar-refractivity contribution in [3.05, 3.63) is 34.6 Å². The van der Waals surface area contributed by atoms with Crippen LogP contribution in [0.4, 0.5) is 4.39 Å². The predicted molar refractivity (Wildman–Crippen MR) is 61.5 cm³/mol. The molecule has 0 amide bonds. The fourth-order valence-electron chi connectivity index (χ4n) is 1.32. The highest BCUT2D eigenvalue weighted by Gasteiger charge is 2.07. The average Bonchev–Trinajstić information content (AvgIpc) is 2.22. The molecular formula is C11H16ClFN2. The molecule has 1 aromatic rings. The molecule has 0 aliphatic rings. The van der Waals surface area contributed by atoms with Gasteiger partial charge in [0, 0.05) is 6.04 Å². The molecule has 3 N–H and O–H groups in total. The normalized spacial score (nSPS) is 12.8. The van der Waals surface area contributed by atoms with Crippen molar-refractivity contribution in [2.24, 2.45) is 5.73 Å². The molecule has 1 aromatic carbocycles. The minimum Gasteiger partial charge on any atom is -0.330 e. The van der Waals surface area contributed by atoms with Crippen molar-refractivity contribution in [2.75, 3.05) is 13.1 Å². The Bertz CT molecular complexity index is 317. The van der Waals surface area contributed by atoms with Gasteiger partial charge in [0.15, 0.2) is 0 Å². The SMILES string of the molecule is CC(NCCCN)c1ccc(Cl)c(F)c1. The van der Waals surface area contributed by atoms with E-state index in [0.717, 1.165) is 18.5 Å². The van der Waals surface area contributed by atoms with Crippen LogP contribution in [0.5, 0.6) is 0 Å². The van der Waals surface area contributed by atoms with Gasteiger partial charge in [0.2, 0.25) is 0 Å². The molecule has 0 radical (unpaired) electrons. The van der Waals surface area contributed by atoms with Gasteiger partial charge in [-0.2, -0.15) is 0 Å². The zero-order valence-electron chi connectivity index (χ0n) is 8.76. The number of halogens is 2. The first kappa shape index (κ1) is 12.4. The molecule has 2 nitrogen and oxygen atoms in total. The van der Waals surface area contributed by atoms with Crippen LogP contribution in [-0.4, -0.2) is 13.1 Å². The number of rotatable bonds is 5. The van der Waals surface area contributed by atoms with Gasteiger partial charge in [0.05, 0.1) is 5.02 Å². The van der Waals surface area contributed by atoms with Crippen LogP contribution in [0, 0.1) is 5.82 Å². The van der Waals surface area contributed by atoms with Crippen molar-refractivity contribution in [1.82, 2.24) is 5.32 Å². The van der Waals surface area contributed by atoms with Crippen molar-refractivity contribution in [3.8, 4) is 0 Å². The number of hydrogen-bond acceptors (Lipinski definition) is 2. The Labute approximate surface area is 94.6 Å². The minimum atomic E-state index is -0.373. The van der Waals surface area contributed by atoms with Crippen LogP contribution in [0.15, 0.2) is 18.2 Å². The third kappa shape index (κ3) is 3.78. The maximum atomic E-state index is 13.1. The van der Waals surface area contributed by atoms with Gasteiger partial charge in [-0.3, -0.25) is 0 Å². The van der Waals surface area contributed by atoms with Gasteiger partial charge in [-0.1, -0.05) is 17.7 Å². The summed E-state index contributed by atoms with van der Waals surface area (Å²) in [6.45, 7) is 3.48. The zero-order valence-corrected chi connectivity index (χ0v) is 9.52. The number of benzene rings is 1. The fourth-order valence-corrected chi connectivity index (χ4v) is 1.44. The van der Waals surface area contributed by atoms with Crippen LogP contribution < -0.4 is 11.1 Å². The van der Waals surface area contributed by atoms with E-state index >= 15 is 0 Å². The second-order valence-electron chi connectivity index (χ2n) is 3.49. The van der Waals surface area contributed by atoms with Gasteiger partial charge < -0.3 is 11.1 Å². The lowest BCUT2D eigenvalue weighted by molar-refractivity contribution is 0.555.